The molecule has 0 aromatic heterocycles. The summed E-state index contributed by atoms with van der Waals surface area (Å²) in [4.78, 5) is 37.6. The molecule has 1 N–H and O–H groups in total. The first-order chi connectivity index (χ1) is 14.9. The number of allylic oxidation sites excluding steroid dienone is 1. The quantitative estimate of drug-likeness (QED) is 0.653. The maximum atomic E-state index is 12.7. The molecule has 0 aliphatic carbocycles. The van der Waals surface area contributed by atoms with Crippen molar-refractivity contribution < 1.29 is 29.0 Å². The Kier molecular flexibility index (Phi) is 7.07. The number of hydrogen-bond donors (Lipinski definition) is 1. The summed E-state index contributed by atoms with van der Waals surface area (Å²) in [6.45, 7) is 3.40. The minimum Gasteiger partial charge on any atom is -0.489 e. The number of carboxylic acid groups (broad SMARTS) is 1. The lowest BCUT2D eigenvalue weighted by Crippen LogP contribution is -2.41. The second-order valence-corrected chi connectivity index (χ2v) is 7.19. The molecule has 1 unspecified atom stereocenters. The summed E-state index contributed by atoms with van der Waals surface area (Å²) in [7, 11) is 0. The van der Waals surface area contributed by atoms with Gasteiger partial charge in [-0.2, -0.15) is 0 Å². The van der Waals surface area contributed by atoms with E-state index in [-0.39, 0.29) is 18.9 Å². The molecule has 1 amide bonds. The SMILES string of the molecule is CCOC(=O)C1=C(C)N(CC(=O)O)C(=O)CC1c1ccc(OCc2ccccc2)cc1. The van der Waals surface area contributed by atoms with Crippen molar-refractivity contribution in [3.05, 3.63) is 77.0 Å². The highest BCUT2D eigenvalue weighted by Gasteiger charge is 2.37. The second kappa shape index (κ2) is 9.93. The van der Waals surface area contributed by atoms with E-state index in [2.05, 4.69) is 0 Å². The fourth-order valence-electron chi connectivity index (χ4n) is 3.63. The van der Waals surface area contributed by atoms with Gasteiger partial charge in [0.25, 0.3) is 0 Å². The van der Waals surface area contributed by atoms with Crippen LogP contribution in [0, 0.1) is 0 Å². The number of hydrogen-bond acceptors (Lipinski definition) is 5. The Balaban J connectivity index is 1.85. The molecule has 2 aromatic carbocycles. The van der Waals surface area contributed by atoms with Crippen molar-refractivity contribution in [2.24, 2.45) is 0 Å². The van der Waals surface area contributed by atoms with Gasteiger partial charge in [0, 0.05) is 18.0 Å². The maximum Gasteiger partial charge on any atom is 0.336 e. The zero-order valence-electron chi connectivity index (χ0n) is 17.5. The largest absolute Gasteiger partial charge is 0.489 e. The second-order valence-electron chi connectivity index (χ2n) is 7.19. The molecule has 0 radical (unpaired) electrons. The van der Waals surface area contributed by atoms with Crippen LogP contribution in [0.2, 0.25) is 0 Å². The summed E-state index contributed by atoms with van der Waals surface area (Å²) in [6.07, 6.45) is -0.0109. The Hall–Kier alpha value is -3.61. The molecule has 0 fully saturated rings. The lowest BCUT2D eigenvalue weighted by molar-refractivity contribution is -0.145. The van der Waals surface area contributed by atoms with Gasteiger partial charge in [-0.25, -0.2) is 4.79 Å². The van der Waals surface area contributed by atoms with Gasteiger partial charge < -0.3 is 19.5 Å². The molecule has 1 aliphatic heterocycles. The molecule has 31 heavy (non-hydrogen) atoms. The standard InChI is InChI=1S/C24H25NO6/c1-3-30-24(29)23-16(2)25(14-22(27)28)21(26)13-20(23)18-9-11-19(12-10-18)31-15-17-7-5-4-6-8-17/h4-12,20H,3,13-15H2,1-2H3,(H,27,28). The van der Waals surface area contributed by atoms with Gasteiger partial charge >= 0.3 is 11.9 Å². The van der Waals surface area contributed by atoms with Gasteiger partial charge in [0.05, 0.1) is 12.2 Å². The van der Waals surface area contributed by atoms with Gasteiger partial charge in [-0.05, 0) is 37.1 Å². The molecule has 7 nitrogen and oxygen atoms in total. The lowest BCUT2D eigenvalue weighted by atomic mass is 9.83. The van der Waals surface area contributed by atoms with Gasteiger partial charge in [-0.15, -0.1) is 0 Å². The first-order valence-corrected chi connectivity index (χ1v) is 10.1. The van der Waals surface area contributed by atoms with E-state index in [0.717, 1.165) is 16.0 Å². The van der Waals surface area contributed by atoms with Crippen LogP contribution in [-0.2, 0) is 25.7 Å². The monoisotopic (exact) mass is 423 g/mol. The van der Waals surface area contributed by atoms with Crippen molar-refractivity contribution in [3.63, 3.8) is 0 Å². The molecule has 1 heterocycles. The fraction of sp³-hybridized carbons (Fsp3) is 0.292. The summed E-state index contributed by atoms with van der Waals surface area (Å²) in [6, 6.07) is 17.0. The topological polar surface area (TPSA) is 93.1 Å². The Morgan fingerprint density at radius 2 is 1.77 bits per heavy atom. The third-order valence-corrected chi connectivity index (χ3v) is 5.14. The number of esters is 1. The average molecular weight is 423 g/mol. The number of amides is 1. The van der Waals surface area contributed by atoms with Crippen molar-refractivity contribution in [3.8, 4) is 5.75 Å². The van der Waals surface area contributed by atoms with Crippen LogP contribution in [0.5, 0.6) is 5.75 Å². The summed E-state index contributed by atoms with van der Waals surface area (Å²) in [5.41, 5.74) is 2.43. The highest BCUT2D eigenvalue weighted by Crippen LogP contribution is 2.37. The number of aliphatic carboxylic acids is 1. The molecular formula is C24H25NO6. The Labute approximate surface area is 180 Å². The summed E-state index contributed by atoms with van der Waals surface area (Å²) < 4.78 is 11.0. The maximum absolute atomic E-state index is 12.7. The molecule has 1 atom stereocenters. The van der Waals surface area contributed by atoms with Crippen molar-refractivity contribution in [2.75, 3.05) is 13.2 Å². The Morgan fingerprint density at radius 1 is 1.10 bits per heavy atom. The van der Waals surface area contributed by atoms with Crippen molar-refractivity contribution in [2.45, 2.75) is 32.8 Å². The zero-order valence-corrected chi connectivity index (χ0v) is 17.5. The molecule has 0 saturated heterocycles. The van der Waals surface area contributed by atoms with E-state index < -0.39 is 24.4 Å². The van der Waals surface area contributed by atoms with E-state index in [1.165, 1.54) is 0 Å². The highest BCUT2D eigenvalue weighted by atomic mass is 16.5. The van der Waals surface area contributed by atoms with E-state index in [1.54, 1.807) is 26.0 Å². The zero-order chi connectivity index (χ0) is 22.4. The predicted molar refractivity (Wildman–Crippen MR) is 113 cm³/mol. The summed E-state index contributed by atoms with van der Waals surface area (Å²) in [5.74, 6) is -1.88. The van der Waals surface area contributed by atoms with E-state index in [4.69, 9.17) is 14.6 Å². The number of benzene rings is 2. The van der Waals surface area contributed by atoms with E-state index in [0.29, 0.717) is 23.6 Å². The molecular weight excluding hydrogens is 398 g/mol. The number of carbonyl (C=O) groups is 3. The first kappa shape index (κ1) is 22.1. The third-order valence-electron chi connectivity index (χ3n) is 5.14. The summed E-state index contributed by atoms with van der Waals surface area (Å²) >= 11 is 0. The van der Waals surface area contributed by atoms with Gasteiger partial charge in [-0.3, -0.25) is 9.59 Å². The van der Waals surface area contributed by atoms with Crippen LogP contribution in [0.4, 0.5) is 0 Å². The van der Waals surface area contributed by atoms with Gasteiger partial charge in [-0.1, -0.05) is 42.5 Å². The molecule has 0 saturated carbocycles. The van der Waals surface area contributed by atoms with Crippen LogP contribution in [-0.4, -0.2) is 41.0 Å². The van der Waals surface area contributed by atoms with Crippen molar-refractivity contribution >= 4 is 17.8 Å². The third kappa shape index (κ3) is 5.31. The molecule has 1 aliphatic rings. The number of carbonyl (C=O) groups excluding carboxylic acids is 2. The van der Waals surface area contributed by atoms with Crippen LogP contribution >= 0.6 is 0 Å². The molecule has 2 aromatic rings. The molecule has 3 rings (SSSR count). The number of carboxylic acids is 1. The van der Waals surface area contributed by atoms with Crippen molar-refractivity contribution in [1.82, 2.24) is 4.90 Å². The van der Waals surface area contributed by atoms with Gasteiger partial charge in [0.1, 0.15) is 18.9 Å². The number of rotatable bonds is 8. The fourth-order valence-corrected chi connectivity index (χ4v) is 3.63. The highest BCUT2D eigenvalue weighted by molar-refractivity contribution is 5.96. The predicted octanol–water partition coefficient (Wildman–Crippen LogP) is 3.50. The number of nitrogens with zero attached hydrogens (tertiary/aromatic N) is 1. The molecule has 7 heteroatoms. The van der Waals surface area contributed by atoms with Gasteiger partial charge in [0.2, 0.25) is 5.91 Å². The van der Waals surface area contributed by atoms with E-state index in [1.807, 2.05) is 42.5 Å². The van der Waals surface area contributed by atoms with Crippen LogP contribution in [0.25, 0.3) is 0 Å². The van der Waals surface area contributed by atoms with Crippen LogP contribution in [0.15, 0.2) is 65.9 Å². The summed E-state index contributed by atoms with van der Waals surface area (Å²) in [5, 5.41) is 9.13. The van der Waals surface area contributed by atoms with Crippen LogP contribution in [0.1, 0.15) is 37.3 Å². The Morgan fingerprint density at radius 3 is 2.39 bits per heavy atom. The minimum atomic E-state index is -1.14. The van der Waals surface area contributed by atoms with Crippen molar-refractivity contribution in [1.29, 1.82) is 0 Å². The molecule has 162 valence electrons. The van der Waals surface area contributed by atoms with E-state index >= 15 is 0 Å². The number of ether oxygens (including phenoxy) is 2. The molecule has 0 spiro atoms. The normalized spacial score (nSPS) is 16.3. The first-order valence-electron chi connectivity index (χ1n) is 10.1. The lowest BCUT2D eigenvalue weighted by Gasteiger charge is -2.33. The van der Waals surface area contributed by atoms with E-state index in [9.17, 15) is 14.4 Å². The smallest absolute Gasteiger partial charge is 0.336 e. The van der Waals surface area contributed by atoms with Gasteiger partial charge in [0.15, 0.2) is 0 Å². The molecule has 0 bridgehead atoms. The van der Waals surface area contributed by atoms with Crippen LogP contribution < -0.4 is 4.74 Å². The van der Waals surface area contributed by atoms with Crippen LogP contribution in [0.3, 0.4) is 0 Å². The Bertz CT molecular complexity index is 981. The minimum absolute atomic E-state index is 0.0109. The average Bonchev–Trinajstić information content (AvgIpc) is 2.76.